The fourth-order valence-electron chi connectivity index (χ4n) is 2.31. The Balaban J connectivity index is 1.75. The molecule has 0 aliphatic rings. The van der Waals surface area contributed by atoms with E-state index in [-0.39, 0.29) is 5.75 Å². The number of rotatable bonds is 4. The predicted octanol–water partition coefficient (Wildman–Crippen LogP) is 4.90. The van der Waals surface area contributed by atoms with Crippen LogP contribution in [0.25, 0.3) is 5.69 Å². The van der Waals surface area contributed by atoms with E-state index in [0.29, 0.717) is 17.1 Å². The minimum absolute atomic E-state index is 0.249. The molecule has 3 aromatic rings. The van der Waals surface area contributed by atoms with Crippen molar-refractivity contribution in [3.8, 4) is 11.4 Å². The molecule has 0 amide bonds. The SMILES string of the molecule is Cc1cc(SCc2nn(-c3ccc(C(F)(F)F)cc3)nc2C)ccc1O. The van der Waals surface area contributed by atoms with Crippen LogP contribution in [0.5, 0.6) is 5.75 Å². The van der Waals surface area contributed by atoms with Crippen molar-refractivity contribution in [2.45, 2.75) is 30.7 Å². The normalized spacial score (nSPS) is 11.7. The third kappa shape index (κ3) is 4.01. The molecule has 1 heterocycles. The van der Waals surface area contributed by atoms with Crippen molar-refractivity contribution in [1.29, 1.82) is 0 Å². The van der Waals surface area contributed by atoms with Crippen LogP contribution in [-0.2, 0) is 11.9 Å². The minimum atomic E-state index is -4.37. The van der Waals surface area contributed by atoms with Crippen molar-refractivity contribution < 1.29 is 18.3 Å². The van der Waals surface area contributed by atoms with Crippen molar-refractivity contribution in [2.75, 3.05) is 0 Å². The number of hydrogen-bond donors (Lipinski definition) is 1. The van der Waals surface area contributed by atoms with Gasteiger partial charge in [-0.15, -0.1) is 11.8 Å². The average Bonchev–Trinajstić information content (AvgIpc) is 2.96. The number of phenolic OH excluding ortho intramolecular Hbond substituents is 1. The van der Waals surface area contributed by atoms with Crippen LogP contribution < -0.4 is 0 Å². The van der Waals surface area contributed by atoms with Gasteiger partial charge in [-0.1, -0.05) is 0 Å². The van der Waals surface area contributed by atoms with Crippen molar-refractivity contribution in [3.63, 3.8) is 0 Å². The summed E-state index contributed by atoms with van der Waals surface area (Å²) in [7, 11) is 0. The zero-order chi connectivity index (χ0) is 18.9. The minimum Gasteiger partial charge on any atom is -0.508 e. The van der Waals surface area contributed by atoms with E-state index in [1.54, 1.807) is 17.8 Å². The molecule has 0 atom stereocenters. The third-order valence-corrected chi connectivity index (χ3v) is 4.85. The van der Waals surface area contributed by atoms with Gasteiger partial charge in [0.25, 0.3) is 0 Å². The number of nitrogens with zero attached hydrogens (tertiary/aromatic N) is 3. The summed E-state index contributed by atoms with van der Waals surface area (Å²) >= 11 is 1.55. The molecule has 8 heteroatoms. The molecular weight excluding hydrogens is 363 g/mol. The van der Waals surface area contributed by atoms with E-state index in [1.165, 1.54) is 16.9 Å². The van der Waals surface area contributed by atoms with Gasteiger partial charge in [0.1, 0.15) is 5.75 Å². The van der Waals surface area contributed by atoms with E-state index in [9.17, 15) is 18.3 Å². The summed E-state index contributed by atoms with van der Waals surface area (Å²) in [5, 5.41) is 18.2. The maximum atomic E-state index is 12.6. The first-order valence-electron chi connectivity index (χ1n) is 7.77. The fraction of sp³-hybridized carbons (Fsp3) is 0.222. The molecule has 2 aromatic carbocycles. The lowest BCUT2D eigenvalue weighted by molar-refractivity contribution is -0.137. The quantitative estimate of drug-likeness (QED) is 0.655. The van der Waals surface area contributed by atoms with Crippen LogP contribution >= 0.6 is 11.8 Å². The van der Waals surface area contributed by atoms with Crippen molar-refractivity contribution in [2.24, 2.45) is 0 Å². The largest absolute Gasteiger partial charge is 0.508 e. The maximum Gasteiger partial charge on any atom is 0.416 e. The molecule has 0 aliphatic carbocycles. The Hall–Kier alpha value is -2.48. The lowest BCUT2D eigenvalue weighted by Crippen LogP contribution is -2.06. The number of aromatic nitrogens is 3. The van der Waals surface area contributed by atoms with Crippen LogP contribution in [0.1, 0.15) is 22.5 Å². The number of alkyl halides is 3. The number of thioether (sulfide) groups is 1. The molecule has 0 saturated carbocycles. The van der Waals surface area contributed by atoms with E-state index >= 15 is 0 Å². The number of hydrogen-bond acceptors (Lipinski definition) is 4. The van der Waals surface area contributed by atoms with Gasteiger partial charge in [0.05, 0.1) is 22.6 Å². The summed E-state index contributed by atoms with van der Waals surface area (Å²) in [4.78, 5) is 2.33. The highest BCUT2D eigenvalue weighted by molar-refractivity contribution is 7.98. The molecule has 0 spiro atoms. The number of halogens is 3. The summed E-state index contributed by atoms with van der Waals surface area (Å²) in [6.45, 7) is 3.64. The summed E-state index contributed by atoms with van der Waals surface area (Å²) in [6, 6.07) is 10.1. The van der Waals surface area contributed by atoms with Gasteiger partial charge in [0.2, 0.25) is 0 Å². The number of aryl methyl sites for hydroxylation is 2. The number of aromatic hydroxyl groups is 1. The van der Waals surface area contributed by atoms with Gasteiger partial charge < -0.3 is 5.11 Å². The summed E-state index contributed by atoms with van der Waals surface area (Å²) in [5.41, 5.74) is 2.02. The van der Waals surface area contributed by atoms with E-state index in [1.807, 2.05) is 26.0 Å². The highest BCUT2D eigenvalue weighted by Gasteiger charge is 2.30. The molecule has 3 rings (SSSR count). The van der Waals surface area contributed by atoms with Crippen LogP contribution in [-0.4, -0.2) is 20.1 Å². The Morgan fingerprint density at radius 3 is 2.35 bits per heavy atom. The van der Waals surface area contributed by atoms with E-state index in [2.05, 4.69) is 10.2 Å². The van der Waals surface area contributed by atoms with Gasteiger partial charge in [-0.25, -0.2) is 0 Å². The van der Waals surface area contributed by atoms with E-state index in [4.69, 9.17) is 0 Å². The van der Waals surface area contributed by atoms with Gasteiger partial charge >= 0.3 is 6.18 Å². The molecular formula is C18H16F3N3OS. The first-order chi connectivity index (χ1) is 12.2. The first kappa shape index (κ1) is 18.3. The van der Waals surface area contributed by atoms with Gasteiger partial charge in [-0.2, -0.15) is 28.2 Å². The van der Waals surface area contributed by atoms with E-state index in [0.717, 1.165) is 28.3 Å². The molecule has 1 N–H and O–H groups in total. The second kappa shape index (κ2) is 7.03. The summed E-state index contributed by atoms with van der Waals surface area (Å²) in [5.74, 6) is 0.815. The zero-order valence-electron chi connectivity index (χ0n) is 14.1. The fourth-order valence-corrected chi connectivity index (χ4v) is 3.31. The molecule has 0 unspecified atom stereocenters. The van der Waals surface area contributed by atoms with Gasteiger partial charge in [-0.3, -0.25) is 0 Å². The second-order valence-corrected chi connectivity index (χ2v) is 6.85. The molecule has 0 saturated heterocycles. The number of benzene rings is 2. The van der Waals surface area contributed by atoms with Crippen LogP contribution in [0.4, 0.5) is 13.2 Å². The maximum absolute atomic E-state index is 12.6. The predicted molar refractivity (Wildman–Crippen MR) is 93.5 cm³/mol. The molecule has 0 aliphatic heterocycles. The molecule has 1 aromatic heterocycles. The molecule has 0 fully saturated rings. The molecule has 26 heavy (non-hydrogen) atoms. The van der Waals surface area contributed by atoms with Crippen molar-refractivity contribution >= 4 is 11.8 Å². The van der Waals surface area contributed by atoms with Crippen molar-refractivity contribution in [3.05, 3.63) is 65.0 Å². The molecule has 0 bridgehead atoms. The number of phenols is 1. The van der Waals surface area contributed by atoms with Crippen LogP contribution in [0, 0.1) is 13.8 Å². The lowest BCUT2D eigenvalue weighted by atomic mass is 10.2. The van der Waals surface area contributed by atoms with E-state index < -0.39 is 11.7 Å². The Kier molecular flexibility index (Phi) is 4.95. The van der Waals surface area contributed by atoms with Gasteiger partial charge in [-0.05, 0) is 61.9 Å². The highest BCUT2D eigenvalue weighted by atomic mass is 32.2. The van der Waals surface area contributed by atoms with Crippen molar-refractivity contribution in [1.82, 2.24) is 15.0 Å². The van der Waals surface area contributed by atoms with Crippen LogP contribution in [0.15, 0.2) is 47.4 Å². The van der Waals surface area contributed by atoms with Gasteiger partial charge in [0.15, 0.2) is 0 Å². The Morgan fingerprint density at radius 2 is 1.73 bits per heavy atom. The first-order valence-corrected chi connectivity index (χ1v) is 8.75. The molecule has 4 nitrogen and oxygen atoms in total. The summed E-state index contributed by atoms with van der Waals surface area (Å²) < 4.78 is 37.9. The highest BCUT2D eigenvalue weighted by Crippen LogP contribution is 2.30. The van der Waals surface area contributed by atoms with Gasteiger partial charge in [0, 0.05) is 10.6 Å². The third-order valence-electron chi connectivity index (χ3n) is 3.85. The van der Waals surface area contributed by atoms with Crippen LogP contribution in [0.3, 0.4) is 0 Å². The average molecular weight is 379 g/mol. The molecule has 0 radical (unpaired) electrons. The standard InChI is InChI=1S/C18H16F3N3OS/c1-11-9-15(7-8-17(11)25)26-10-16-12(2)22-24(23-16)14-5-3-13(4-6-14)18(19,20)21/h3-9,25H,10H2,1-2H3. The molecule has 136 valence electrons. The Morgan fingerprint density at radius 1 is 1.04 bits per heavy atom. The summed E-state index contributed by atoms with van der Waals surface area (Å²) in [6.07, 6.45) is -4.37. The Bertz CT molecular complexity index is 920. The topological polar surface area (TPSA) is 50.9 Å². The lowest BCUT2D eigenvalue weighted by Gasteiger charge is -2.06. The van der Waals surface area contributed by atoms with Crippen LogP contribution in [0.2, 0.25) is 0 Å². The zero-order valence-corrected chi connectivity index (χ0v) is 14.9. The monoisotopic (exact) mass is 379 g/mol. The smallest absolute Gasteiger partial charge is 0.416 e. The second-order valence-electron chi connectivity index (χ2n) is 5.80. The Labute approximate surface area is 152 Å².